The van der Waals surface area contributed by atoms with Gasteiger partial charge >= 0.3 is 5.97 Å². The van der Waals surface area contributed by atoms with Crippen molar-refractivity contribution in [3.8, 4) is 0 Å². The Morgan fingerprint density at radius 2 is 1.83 bits per heavy atom. The summed E-state index contributed by atoms with van der Waals surface area (Å²) in [5.41, 5.74) is 3.18. The van der Waals surface area contributed by atoms with Gasteiger partial charge in [0.25, 0.3) is 5.91 Å². The van der Waals surface area contributed by atoms with E-state index in [0.717, 1.165) is 11.1 Å². The third-order valence-corrected chi connectivity index (χ3v) is 4.08. The normalized spacial score (nSPS) is 11.7. The monoisotopic (exact) mass is 375 g/mol. The van der Waals surface area contributed by atoms with E-state index >= 15 is 0 Å². The first-order chi connectivity index (χ1) is 10.9. The van der Waals surface area contributed by atoms with Crippen LogP contribution in [0.15, 0.2) is 46.9 Å². The van der Waals surface area contributed by atoms with Crippen LogP contribution >= 0.6 is 15.9 Å². The van der Waals surface area contributed by atoms with Gasteiger partial charge in [0.15, 0.2) is 6.10 Å². The van der Waals surface area contributed by atoms with Gasteiger partial charge in [0.05, 0.1) is 5.56 Å². The molecule has 1 atom stereocenters. The summed E-state index contributed by atoms with van der Waals surface area (Å²) >= 11 is 3.29. The van der Waals surface area contributed by atoms with Crippen LogP contribution in [0.1, 0.15) is 28.4 Å². The summed E-state index contributed by atoms with van der Waals surface area (Å²) in [4.78, 5) is 24.3. The van der Waals surface area contributed by atoms with Crippen molar-refractivity contribution in [3.63, 3.8) is 0 Å². The Morgan fingerprint density at radius 1 is 1.13 bits per heavy atom. The Balaban J connectivity index is 2.03. The number of benzene rings is 2. The molecule has 5 heteroatoms. The molecule has 0 aromatic heterocycles. The van der Waals surface area contributed by atoms with Gasteiger partial charge in [-0.15, -0.1) is 0 Å². The first-order valence-electron chi connectivity index (χ1n) is 7.22. The van der Waals surface area contributed by atoms with Gasteiger partial charge in [-0.3, -0.25) is 4.79 Å². The van der Waals surface area contributed by atoms with Crippen LogP contribution in [0.3, 0.4) is 0 Å². The summed E-state index contributed by atoms with van der Waals surface area (Å²) in [6, 6.07) is 12.7. The predicted octanol–water partition coefficient (Wildman–Crippen LogP) is 4.25. The van der Waals surface area contributed by atoms with Gasteiger partial charge in [-0.05, 0) is 60.5 Å². The highest BCUT2D eigenvalue weighted by Gasteiger charge is 2.20. The summed E-state index contributed by atoms with van der Waals surface area (Å²) in [6.07, 6.45) is -0.893. The van der Waals surface area contributed by atoms with Crippen LogP contribution in [-0.4, -0.2) is 18.0 Å². The number of carbonyl (C=O) groups excluding carboxylic acids is 2. The molecule has 0 aliphatic rings. The molecule has 0 spiro atoms. The third kappa shape index (κ3) is 4.42. The van der Waals surface area contributed by atoms with Crippen molar-refractivity contribution >= 4 is 33.5 Å². The van der Waals surface area contributed by atoms with E-state index < -0.39 is 12.1 Å². The first-order valence-corrected chi connectivity index (χ1v) is 8.01. The third-order valence-electron chi connectivity index (χ3n) is 3.39. The first kappa shape index (κ1) is 17.2. The molecule has 23 heavy (non-hydrogen) atoms. The van der Waals surface area contributed by atoms with Crippen molar-refractivity contribution in [2.24, 2.45) is 0 Å². The minimum atomic E-state index is -0.893. The number of rotatable bonds is 4. The molecule has 1 amide bonds. The molecule has 0 aliphatic heterocycles. The second-order valence-corrected chi connectivity index (χ2v) is 6.19. The van der Waals surface area contributed by atoms with Crippen LogP contribution in [-0.2, 0) is 9.53 Å². The van der Waals surface area contributed by atoms with Crippen molar-refractivity contribution in [2.75, 3.05) is 5.32 Å². The van der Waals surface area contributed by atoms with Crippen LogP contribution in [0.4, 0.5) is 5.69 Å². The summed E-state index contributed by atoms with van der Waals surface area (Å²) in [6.45, 7) is 5.45. The molecule has 2 aromatic rings. The molecular formula is C18H18BrNO3. The fourth-order valence-corrected chi connectivity index (χ4v) is 2.54. The van der Waals surface area contributed by atoms with Gasteiger partial charge in [-0.2, -0.15) is 0 Å². The molecule has 0 fully saturated rings. The quantitative estimate of drug-likeness (QED) is 0.812. The van der Waals surface area contributed by atoms with E-state index in [0.29, 0.717) is 15.7 Å². The lowest BCUT2D eigenvalue weighted by molar-refractivity contribution is -0.123. The maximum Gasteiger partial charge on any atom is 0.340 e. The lowest BCUT2D eigenvalue weighted by Crippen LogP contribution is -2.30. The largest absolute Gasteiger partial charge is 0.449 e. The van der Waals surface area contributed by atoms with E-state index in [4.69, 9.17) is 4.74 Å². The summed E-state index contributed by atoms with van der Waals surface area (Å²) in [5.74, 6) is -0.905. The highest BCUT2D eigenvalue weighted by atomic mass is 79.9. The van der Waals surface area contributed by atoms with Crippen molar-refractivity contribution in [2.45, 2.75) is 26.9 Å². The van der Waals surface area contributed by atoms with Crippen molar-refractivity contribution in [3.05, 3.63) is 63.6 Å². The Kier molecular flexibility index (Phi) is 5.55. The molecule has 0 saturated carbocycles. The van der Waals surface area contributed by atoms with Gasteiger partial charge in [0.1, 0.15) is 0 Å². The van der Waals surface area contributed by atoms with E-state index in [1.165, 1.54) is 0 Å². The number of aryl methyl sites for hydroxylation is 2. The van der Waals surface area contributed by atoms with Crippen LogP contribution in [0.2, 0.25) is 0 Å². The van der Waals surface area contributed by atoms with E-state index in [1.54, 1.807) is 31.2 Å². The zero-order valence-corrected chi connectivity index (χ0v) is 14.8. The number of amides is 1. The fourth-order valence-electron chi connectivity index (χ4n) is 2.09. The Morgan fingerprint density at radius 3 is 2.48 bits per heavy atom. The molecule has 4 nitrogen and oxygen atoms in total. The van der Waals surface area contributed by atoms with Crippen molar-refractivity contribution in [1.82, 2.24) is 0 Å². The lowest BCUT2D eigenvalue weighted by Gasteiger charge is -2.15. The van der Waals surface area contributed by atoms with Crippen LogP contribution < -0.4 is 5.32 Å². The smallest absolute Gasteiger partial charge is 0.340 e. The molecule has 120 valence electrons. The second kappa shape index (κ2) is 7.42. The minimum absolute atomic E-state index is 0.364. The lowest BCUT2D eigenvalue weighted by atomic mass is 10.1. The van der Waals surface area contributed by atoms with Gasteiger partial charge in [0, 0.05) is 10.2 Å². The number of anilines is 1. The molecule has 0 bridgehead atoms. The molecule has 0 heterocycles. The standard InChI is InChI=1S/C18H18BrNO3/c1-11-8-9-16(12(2)10-11)20-17(21)13(3)23-18(22)14-6-4-5-7-15(14)19/h4-10,13H,1-3H3,(H,20,21). The summed E-state index contributed by atoms with van der Waals surface area (Å²) in [7, 11) is 0. The zero-order valence-electron chi connectivity index (χ0n) is 13.2. The number of hydrogen-bond donors (Lipinski definition) is 1. The van der Waals surface area contributed by atoms with Crippen LogP contribution in [0.25, 0.3) is 0 Å². The van der Waals surface area contributed by atoms with Crippen LogP contribution in [0.5, 0.6) is 0 Å². The topological polar surface area (TPSA) is 55.4 Å². The van der Waals surface area contributed by atoms with Gasteiger partial charge < -0.3 is 10.1 Å². The molecule has 1 N–H and O–H groups in total. The highest BCUT2D eigenvalue weighted by molar-refractivity contribution is 9.10. The molecule has 0 radical (unpaired) electrons. The minimum Gasteiger partial charge on any atom is -0.449 e. The van der Waals surface area contributed by atoms with E-state index in [-0.39, 0.29) is 5.91 Å². The molecule has 0 aliphatic carbocycles. The predicted molar refractivity (Wildman–Crippen MR) is 93.6 cm³/mol. The number of carbonyl (C=O) groups is 2. The molecule has 0 saturated heterocycles. The fraction of sp³-hybridized carbons (Fsp3) is 0.222. The van der Waals surface area contributed by atoms with Crippen LogP contribution in [0, 0.1) is 13.8 Å². The van der Waals surface area contributed by atoms with Gasteiger partial charge in [-0.1, -0.05) is 29.8 Å². The average Bonchev–Trinajstić information content (AvgIpc) is 2.50. The number of halogens is 1. The zero-order chi connectivity index (χ0) is 17.0. The molecular weight excluding hydrogens is 358 g/mol. The maximum atomic E-state index is 12.2. The van der Waals surface area contributed by atoms with Crippen molar-refractivity contribution < 1.29 is 14.3 Å². The van der Waals surface area contributed by atoms with Crippen molar-refractivity contribution in [1.29, 1.82) is 0 Å². The summed E-state index contributed by atoms with van der Waals surface area (Å²) < 4.78 is 5.87. The van der Waals surface area contributed by atoms with E-state index in [9.17, 15) is 9.59 Å². The molecule has 2 rings (SSSR count). The maximum absolute atomic E-state index is 12.2. The number of ether oxygens (including phenoxy) is 1. The molecule has 1 unspecified atom stereocenters. The van der Waals surface area contributed by atoms with E-state index in [2.05, 4.69) is 21.2 Å². The SMILES string of the molecule is Cc1ccc(NC(=O)C(C)OC(=O)c2ccccc2Br)c(C)c1. The Labute approximate surface area is 144 Å². The van der Waals surface area contributed by atoms with E-state index in [1.807, 2.05) is 32.0 Å². The highest BCUT2D eigenvalue weighted by Crippen LogP contribution is 2.19. The molecule has 2 aromatic carbocycles. The number of esters is 1. The Hall–Kier alpha value is -2.14. The van der Waals surface area contributed by atoms with Gasteiger partial charge in [-0.25, -0.2) is 4.79 Å². The average molecular weight is 376 g/mol. The summed E-state index contributed by atoms with van der Waals surface area (Å²) in [5, 5.41) is 2.78. The number of hydrogen-bond acceptors (Lipinski definition) is 3. The second-order valence-electron chi connectivity index (χ2n) is 5.34. The Bertz CT molecular complexity index is 743. The number of nitrogens with one attached hydrogen (secondary N) is 1. The van der Waals surface area contributed by atoms with Gasteiger partial charge in [0.2, 0.25) is 0 Å².